The van der Waals surface area contributed by atoms with Crippen LogP contribution >= 0.6 is 24.8 Å². The van der Waals surface area contributed by atoms with Crippen molar-refractivity contribution < 1.29 is 31.5 Å². The minimum Gasteiger partial charge on any atom is -0.147 e. The van der Waals surface area contributed by atoms with Crippen LogP contribution in [0.4, 0.5) is 0 Å². The van der Waals surface area contributed by atoms with Gasteiger partial charge in [0.1, 0.15) is 0 Å². The van der Waals surface area contributed by atoms with E-state index in [9.17, 15) is 0 Å². The molecule has 136 valence electrons. The Bertz CT molecular complexity index is 524. The summed E-state index contributed by atoms with van der Waals surface area (Å²) in [4.78, 5) is 0. The number of hydrogen-bond donors (Lipinski definition) is 2. The summed E-state index contributed by atoms with van der Waals surface area (Å²) < 4.78 is 5.03. The summed E-state index contributed by atoms with van der Waals surface area (Å²) >= 11 is -1.81. The molecule has 2 aliphatic rings. The molecule has 0 aromatic heterocycles. The molecular weight excluding hydrogens is 422 g/mol. The zero-order valence-electron chi connectivity index (χ0n) is 14.7. The van der Waals surface area contributed by atoms with Crippen molar-refractivity contribution in [2.75, 3.05) is 13.2 Å². The predicted molar refractivity (Wildman–Crippen MR) is 105 cm³/mol. The molecule has 0 saturated carbocycles. The molecule has 2 N–H and O–H groups in total. The molecule has 0 atom stereocenters. The fourth-order valence-corrected chi connectivity index (χ4v) is 10.6. The van der Waals surface area contributed by atoms with Gasteiger partial charge < -0.3 is 0 Å². The van der Waals surface area contributed by atoms with Gasteiger partial charge in [-0.15, -0.1) is 24.8 Å². The third kappa shape index (κ3) is 6.85. The number of aliphatic hydroxyl groups excluding tert-OH is 2. The van der Waals surface area contributed by atoms with Crippen molar-refractivity contribution in [3.05, 3.63) is 42.0 Å². The van der Waals surface area contributed by atoms with E-state index in [-0.39, 0.29) is 38.0 Å². The van der Waals surface area contributed by atoms with Gasteiger partial charge in [-0.2, -0.15) is 0 Å². The van der Waals surface area contributed by atoms with Crippen molar-refractivity contribution in [3.63, 3.8) is 0 Å². The average molecular weight is 453 g/mol. The van der Waals surface area contributed by atoms with Gasteiger partial charge in [-0.3, -0.25) is 0 Å². The maximum Gasteiger partial charge on any atom is -0.147 e. The van der Waals surface area contributed by atoms with Crippen molar-refractivity contribution in [3.8, 4) is 0 Å². The normalized spacial score (nSPS) is 15.7. The summed E-state index contributed by atoms with van der Waals surface area (Å²) in [5, 5.41) is 18.0. The van der Waals surface area contributed by atoms with Crippen LogP contribution in [-0.2, 0) is 21.3 Å². The fraction of sp³-hybridized carbons (Fsp3) is 0.526. The topological polar surface area (TPSA) is 40.5 Å². The quantitative estimate of drug-likeness (QED) is 0.564. The number of aliphatic hydroxyl groups is 2. The van der Waals surface area contributed by atoms with Crippen LogP contribution in [0.1, 0.15) is 52.4 Å². The van der Waals surface area contributed by atoms with Gasteiger partial charge >= 0.3 is 142 Å². The first-order chi connectivity index (χ1) is 10.7. The minimum atomic E-state index is -1.81. The molecule has 0 heterocycles. The predicted octanol–water partition coefficient (Wildman–Crippen LogP) is 4.63. The molecule has 0 aliphatic heterocycles. The van der Waals surface area contributed by atoms with Gasteiger partial charge in [-0.05, 0) is 0 Å². The number of halogens is 2. The van der Waals surface area contributed by atoms with Gasteiger partial charge in [0.15, 0.2) is 0 Å². The Hall–Kier alpha value is 0.213. The Morgan fingerprint density at radius 3 is 1.62 bits per heavy atom. The molecule has 5 heteroatoms. The zero-order valence-corrected chi connectivity index (χ0v) is 18.8. The first-order valence-corrected chi connectivity index (χ1v) is 12.0. The molecule has 0 radical (unpaired) electrons. The van der Waals surface area contributed by atoms with Crippen LogP contribution in [0.2, 0.25) is 0 Å². The largest absolute Gasteiger partial charge is 0.147 e. The standard InChI is InChI=1S/2C8H11O.C3H6.2ClH.Zr/c2*9-7-3-6-8-4-1-2-5-8;1-3-2;;;/h2*4-5,9H,1,3,6-7H2;1-2H3;2*1H;. The van der Waals surface area contributed by atoms with Crippen molar-refractivity contribution >= 4 is 28.0 Å². The molecule has 0 aromatic rings. The third-order valence-corrected chi connectivity index (χ3v) is 11.6. The molecular formula is C19H30Cl2O2Zr. The Balaban J connectivity index is 0.00000264. The Morgan fingerprint density at radius 2 is 1.29 bits per heavy atom. The monoisotopic (exact) mass is 450 g/mol. The first kappa shape index (κ1) is 24.2. The SMILES string of the molecule is C[C](C)=[Zr]([C]1=CC(CCCO)=CC1)[C]1=CC(CCCO)=CC1.Cl.Cl. The Kier molecular flexibility index (Phi) is 12.7. The van der Waals surface area contributed by atoms with E-state index in [0.717, 1.165) is 38.5 Å². The molecule has 0 spiro atoms. The van der Waals surface area contributed by atoms with E-state index in [1.54, 1.807) is 9.77 Å². The van der Waals surface area contributed by atoms with E-state index in [2.05, 4.69) is 38.2 Å². The number of hydrogen-bond acceptors (Lipinski definition) is 2. The maximum absolute atomic E-state index is 8.99. The van der Waals surface area contributed by atoms with Crippen molar-refractivity contribution in [2.45, 2.75) is 52.4 Å². The molecule has 24 heavy (non-hydrogen) atoms. The van der Waals surface area contributed by atoms with Gasteiger partial charge in [-0.25, -0.2) is 0 Å². The van der Waals surface area contributed by atoms with Crippen LogP contribution in [0.3, 0.4) is 0 Å². The fourth-order valence-electron chi connectivity index (χ4n) is 3.28. The van der Waals surface area contributed by atoms with E-state index >= 15 is 0 Å². The summed E-state index contributed by atoms with van der Waals surface area (Å²) in [6.45, 7) is 5.20. The van der Waals surface area contributed by atoms with Crippen molar-refractivity contribution in [2.24, 2.45) is 0 Å². The van der Waals surface area contributed by atoms with Gasteiger partial charge in [-0.1, -0.05) is 0 Å². The van der Waals surface area contributed by atoms with Crippen LogP contribution in [-0.4, -0.2) is 26.6 Å². The molecule has 0 amide bonds. The van der Waals surface area contributed by atoms with Crippen LogP contribution < -0.4 is 0 Å². The third-order valence-electron chi connectivity index (χ3n) is 4.28. The molecule has 0 unspecified atom stereocenters. The Labute approximate surface area is 166 Å². The van der Waals surface area contributed by atoms with Gasteiger partial charge in [0, 0.05) is 0 Å². The molecule has 2 nitrogen and oxygen atoms in total. The van der Waals surface area contributed by atoms with Crippen molar-refractivity contribution in [1.82, 2.24) is 0 Å². The first-order valence-electron chi connectivity index (χ1n) is 8.35. The summed E-state index contributed by atoms with van der Waals surface area (Å²) in [7, 11) is 0. The molecule has 2 aliphatic carbocycles. The van der Waals surface area contributed by atoms with E-state index in [1.165, 1.54) is 11.1 Å². The maximum atomic E-state index is 8.99. The van der Waals surface area contributed by atoms with Crippen LogP contribution in [0, 0.1) is 0 Å². The molecule has 0 fully saturated rings. The minimum absolute atomic E-state index is 0. The van der Waals surface area contributed by atoms with E-state index in [1.807, 2.05) is 0 Å². The van der Waals surface area contributed by atoms with E-state index in [4.69, 9.17) is 10.2 Å². The molecule has 0 bridgehead atoms. The van der Waals surface area contributed by atoms with Crippen LogP contribution in [0.25, 0.3) is 0 Å². The smallest absolute Gasteiger partial charge is 0.147 e. The summed E-state index contributed by atoms with van der Waals surface area (Å²) in [5.41, 5.74) is 2.85. The molecule has 0 saturated heterocycles. The van der Waals surface area contributed by atoms with Crippen molar-refractivity contribution in [1.29, 1.82) is 0 Å². The molecule has 0 aromatic carbocycles. The summed E-state index contributed by atoms with van der Waals surface area (Å²) in [6.07, 6.45) is 15.6. The Morgan fingerprint density at radius 1 is 0.875 bits per heavy atom. The summed E-state index contributed by atoms with van der Waals surface area (Å²) in [6, 6.07) is 0. The van der Waals surface area contributed by atoms with Gasteiger partial charge in [0.25, 0.3) is 0 Å². The van der Waals surface area contributed by atoms with Crippen LogP contribution in [0.15, 0.2) is 42.0 Å². The van der Waals surface area contributed by atoms with Gasteiger partial charge in [0.2, 0.25) is 0 Å². The second-order valence-corrected chi connectivity index (χ2v) is 13.8. The average Bonchev–Trinajstić information content (AvgIpc) is 3.13. The zero-order chi connectivity index (χ0) is 15.9. The second-order valence-electron chi connectivity index (χ2n) is 6.33. The van der Waals surface area contributed by atoms with E-state index < -0.39 is 21.3 Å². The number of rotatable bonds is 8. The van der Waals surface area contributed by atoms with Crippen LogP contribution in [0.5, 0.6) is 0 Å². The molecule has 2 rings (SSSR count). The summed E-state index contributed by atoms with van der Waals surface area (Å²) in [5.74, 6) is 0. The van der Waals surface area contributed by atoms with E-state index in [0.29, 0.717) is 0 Å². The number of allylic oxidation sites excluding steroid dienone is 8. The second kappa shape index (κ2) is 12.5. The van der Waals surface area contributed by atoms with Gasteiger partial charge in [0.05, 0.1) is 0 Å².